The zero-order chi connectivity index (χ0) is 16.8. The molecule has 1 aromatic heterocycles. The Morgan fingerprint density at radius 3 is 2.79 bits per heavy atom. The summed E-state index contributed by atoms with van der Waals surface area (Å²) in [7, 11) is 0. The van der Waals surface area contributed by atoms with Crippen molar-refractivity contribution in [2.75, 3.05) is 44.4 Å². The first kappa shape index (κ1) is 18.5. The lowest BCUT2D eigenvalue weighted by Crippen LogP contribution is -2.58. The minimum Gasteiger partial charge on any atom is -0.464 e. The average Bonchev–Trinajstić information content (AvgIpc) is 3.24. The molecule has 136 valence electrons. The van der Waals surface area contributed by atoms with E-state index < -0.39 is 5.76 Å². The molecule has 1 aromatic rings. The van der Waals surface area contributed by atoms with Crippen molar-refractivity contribution in [1.82, 2.24) is 10.2 Å². The number of ether oxygens (including phenoxy) is 1. The summed E-state index contributed by atoms with van der Waals surface area (Å²) in [6.07, 6.45) is 1.19. The Morgan fingerprint density at radius 2 is 2.08 bits per heavy atom. The molecule has 1 atom stereocenters. The summed E-state index contributed by atoms with van der Waals surface area (Å²) in [5.74, 6) is 1.62. The van der Waals surface area contributed by atoms with Crippen molar-refractivity contribution in [3.8, 4) is 0 Å². The Bertz CT molecular complexity index is 504. The van der Waals surface area contributed by atoms with E-state index >= 15 is 0 Å². The number of rotatable bonds is 8. The molecule has 3 rings (SSSR count). The van der Waals surface area contributed by atoms with E-state index in [0.717, 1.165) is 44.4 Å². The van der Waals surface area contributed by atoms with Crippen LogP contribution in [-0.4, -0.2) is 60.6 Å². The van der Waals surface area contributed by atoms with Gasteiger partial charge in [0.25, 0.3) is 5.76 Å². The molecule has 2 aliphatic heterocycles. The van der Waals surface area contributed by atoms with Gasteiger partial charge in [0.1, 0.15) is 11.5 Å². The molecule has 2 fully saturated rings. The molecule has 0 aliphatic carbocycles. The largest absolute Gasteiger partial charge is 0.464 e. The molecule has 0 saturated carbocycles. The third kappa shape index (κ3) is 4.88. The van der Waals surface area contributed by atoms with Crippen molar-refractivity contribution in [2.24, 2.45) is 0 Å². The summed E-state index contributed by atoms with van der Waals surface area (Å²) in [5, 5.41) is 3.52. The van der Waals surface area contributed by atoms with Crippen molar-refractivity contribution in [3.63, 3.8) is 0 Å². The molecule has 0 bridgehead atoms. The second kappa shape index (κ2) is 8.89. The molecular weight excluding hydrogens is 354 g/mol. The van der Waals surface area contributed by atoms with E-state index in [4.69, 9.17) is 9.15 Å². The third-order valence-electron chi connectivity index (χ3n) is 4.59. The first-order valence-electron chi connectivity index (χ1n) is 8.27. The normalized spacial score (nSPS) is 25.6. The molecule has 2 aliphatic rings. The molecule has 24 heavy (non-hydrogen) atoms. The van der Waals surface area contributed by atoms with Gasteiger partial charge in [-0.25, -0.2) is 0 Å². The Labute approximate surface area is 150 Å². The number of furan rings is 1. The predicted molar refractivity (Wildman–Crippen MR) is 94.8 cm³/mol. The lowest BCUT2D eigenvalue weighted by Gasteiger charge is -2.43. The maximum Gasteiger partial charge on any atom is 0.284 e. The van der Waals surface area contributed by atoms with Crippen LogP contribution in [0.4, 0.5) is 8.78 Å². The van der Waals surface area contributed by atoms with Crippen LogP contribution in [0.2, 0.25) is 0 Å². The quantitative estimate of drug-likeness (QED) is 0.750. The zero-order valence-corrected chi connectivity index (χ0v) is 15.3. The second-order valence-corrected chi connectivity index (χ2v) is 8.25. The molecule has 2 saturated heterocycles. The molecule has 3 heterocycles. The average molecular weight is 379 g/mol. The van der Waals surface area contributed by atoms with Gasteiger partial charge in [-0.2, -0.15) is 20.5 Å². The van der Waals surface area contributed by atoms with Gasteiger partial charge in [0.15, 0.2) is 0 Å². The van der Waals surface area contributed by atoms with Crippen molar-refractivity contribution in [3.05, 3.63) is 23.7 Å². The van der Waals surface area contributed by atoms with Gasteiger partial charge in [-0.3, -0.25) is 4.90 Å². The van der Waals surface area contributed by atoms with E-state index in [2.05, 4.69) is 10.2 Å². The van der Waals surface area contributed by atoms with Crippen molar-refractivity contribution < 1.29 is 17.9 Å². The molecule has 0 radical (unpaired) electrons. The van der Waals surface area contributed by atoms with Crippen LogP contribution in [-0.2, 0) is 17.0 Å². The van der Waals surface area contributed by atoms with Crippen molar-refractivity contribution in [1.29, 1.82) is 0 Å². The maximum atomic E-state index is 12.2. The molecule has 0 spiro atoms. The van der Waals surface area contributed by atoms with E-state index in [-0.39, 0.29) is 11.3 Å². The molecule has 4 nitrogen and oxygen atoms in total. The summed E-state index contributed by atoms with van der Waals surface area (Å²) >= 11 is 2.61. The summed E-state index contributed by atoms with van der Waals surface area (Å²) in [6.45, 7) is 5.18. The first-order valence-corrected chi connectivity index (χ1v) is 10.5. The summed E-state index contributed by atoms with van der Waals surface area (Å²) in [5.41, 5.74) is 0.204. The van der Waals surface area contributed by atoms with E-state index in [9.17, 15) is 8.78 Å². The number of halogens is 2. The Hall–Kier alpha value is -0.280. The van der Waals surface area contributed by atoms with Crippen LogP contribution in [0.3, 0.4) is 0 Å². The molecular formula is C16H24F2N2O2S2. The number of nitrogens with zero attached hydrogens (tertiary/aromatic N) is 1. The van der Waals surface area contributed by atoms with Crippen LogP contribution in [0.1, 0.15) is 17.9 Å². The molecule has 1 N–H and O–H groups in total. The highest BCUT2D eigenvalue weighted by Gasteiger charge is 2.40. The van der Waals surface area contributed by atoms with Gasteiger partial charge in [0, 0.05) is 30.9 Å². The smallest absolute Gasteiger partial charge is 0.284 e. The minimum absolute atomic E-state index is 0.204. The SMILES string of the molecule is FC(F)SCc1ccc(CNCC2(N3CCOCC3)CCSC2)o1. The lowest BCUT2D eigenvalue weighted by atomic mass is 9.95. The van der Waals surface area contributed by atoms with Crippen LogP contribution < -0.4 is 5.32 Å². The van der Waals surface area contributed by atoms with Gasteiger partial charge in [-0.05, 0) is 24.3 Å². The zero-order valence-electron chi connectivity index (χ0n) is 13.6. The van der Waals surface area contributed by atoms with Crippen LogP contribution in [0.15, 0.2) is 16.5 Å². The number of nitrogens with one attached hydrogen (secondary N) is 1. The standard InChI is InChI=1S/C16H24F2N2O2S2/c17-15(18)24-10-14-2-1-13(22-14)9-19-11-16(3-8-23-12-16)20-4-6-21-7-5-20/h1-2,15,19H,3-12H2. The lowest BCUT2D eigenvalue weighted by molar-refractivity contribution is -0.0135. The summed E-state index contributed by atoms with van der Waals surface area (Å²) in [6, 6.07) is 3.66. The van der Waals surface area contributed by atoms with E-state index in [1.807, 2.05) is 17.8 Å². The van der Waals surface area contributed by atoms with Gasteiger partial charge in [0.2, 0.25) is 0 Å². The van der Waals surface area contributed by atoms with Crippen LogP contribution in [0.25, 0.3) is 0 Å². The number of morpholine rings is 1. The highest BCUT2D eigenvalue weighted by Crippen LogP contribution is 2.33. The number of hydrogen-bond donors (Lipinski definition) is 1. The highest BCUT2D eigenvalue weighted by atomic mass is 32.2. The predicted octanol–water partition coefficient (Wildman–Crippen LogP) is 3.03. The highest BCUT2D eigenvalue weighted by molar-refractivity contribution is 7.99. The second-order valence-electron chi connectivity index (χ2n) is 6.17. The van der Waals surface area contributed by atoms with E-state index in [0.29, 0.717) is 24.1 Å². The topological polar surface area (TPSA) is 37.6 Å². The molecule has 8 heteroatoms. The first-order chi connectivity index (χ1) is 11.7. The van der Waals surface area contributed by atoms with E-state index in [1.54, 1.807) is 6.07 Å². The molecule has 0 aromatic carbocycles. The van der Waals surface area contributed by atoms with Crippen LogP contribution >= 0.6 is 23.5 Å². The molecule has 1 unspecified atom stereocenters. The van der Waals surface area contributed by atoms with Gasteiger partial charge in [-0.15, -0.1) is 0 Å². The Balaban J connectivity index is 1.48. The fourth-order valence-electron chi connectivity index (χ4n) is 3.29. The Kier molecular flexibility index (Phi) is 6.86. The summed E-state index contributed by atoms with van der Waals surface area (Å²) < 4.78 is 35.5. The Morgan fingerprint density at radius 1 is 1.29 bits per heavy atom. The van der Waals surface area contributed by atoms with Crippen LogP contribution in [0, 0.1) is 0 Å². The third-order valence-corrected chi connectivity index (χ3v) is 6.52. The monoisotopic (exact) mass is 378 g/mol. The van der Waals surface area contributed by atoms with Crippen molar-refractivity contribution >= 4 is 23.5 Å². The van der Waals surface area contributed by atoms with Gasteiger partial charge >= 0.3 is 0 Å². The van der Waals surface area contributed by atoms with Crippen molar-refractivity contribution in [2.45, 2.75) is 30.0 Å². The van der Waals surface area contributed by atoms with Gasteiger partial charge in [0.05, 0.1) is 25.5 Å². The van der Waals surface area contributed by atoms with Gasteiger partial charge in [-0.1, -0.05) is 11.8 Å². The van der Waals surface area contributed by atoms with Gasteiger partial charge < -0.3 is 14.5 Å². The van der Waals surface area contributed by atoms with Crippen LogP contribution in [0.5, 0.6) is 0 Å². The fourth-order valence-corrected chi connectivity index (χ4v) is 5.22. The summed E-state index contributed by atoms with van der Waals surface area (Å²) in [4.78, 5) is 2.57. The number of hydrogen-bond acceptors (Lipinski definition) is 6. The maximum absolute atomic E-state index is 12.2. The number of alkyl halides is 2. The molecule has 0 amide bonds. The fraction of sp³-hybridized carbons (Fsp3) is 0.750. The minimum atomic E-state index is -2.36. The number of thioether (sulfide) groups is 2. The van der Waals surface area contributed by atoms with E-state index in [1.165, 1.54) is 12.2 Å².